The average molecular weight is 204 g/mol. The van der Waals surface area contributed by atoms with Gasteiger partial charge in [-0.05, 0) is 0 Å². The Morgan fingerprint density at radius 3 is 2.57 bits per heavy atom. The molecule has 82 valence electrons. The highest BCUT2D eigenvalue weighted by Gasteiger charge is 2.01. The molecule has 0 radical (unpaired) electrons. The number of hydrogen-bond acceptors (Lipinski definition) is 4. The van der Waals surface area contributed by atoms with Crippen LogP contribution in [-0.4, -0.2) is 42.9 Å². The van der Waals surface area contributed by atoms with Crippen molar-refractivity contribution in [1.82, 2.24) is 10.6 Å². The molecule has 0 aliphatic carbocycles. The van der Waals surface area contributed by atoms with Crippen LogP contribution in [0.5, 0.6) is 0 Å². The summed E-state index contributed by atoms with van der Waals surface area (Å²) in [5, 5.41) is 13.5. The molecule has 0 bridgehead atoms. The monoisotopic (exact) mass is 204 g/mol. The molecule has 0 saturated carbocycles. The Kier molecular flexibility index (Phi) is 6.69. The molecule has 0 fully saturated rings. The van der Waals surface area contributed by atoms with E-state index in [1.54, 1.807) is 0 Å². The van der Waals surface area contributed by atoms with Crippen molar-refractivity contribution in [2.75, 3.05) is 19.9 Å². The van der Waals surface area contributed by atoms with E-state index >= 15 is 0 Å². The van der Waals surface area contributed by atoms with Gasteiger partial charge in [-0.3, -0.25) is 4.79 Å². The van der Waals surface area contributed by atoms with Crippen molar-refractivity contribution in [3.05, 3.63) is 0 Å². The molecular formula is C8H16N2O4. The summed E-state index contributed by atoms with van der Waals surface area (Å²) in [7, 11) is 0. The van der Waals surface area contributed by atoms with Gasteiger partial charge in [0.1, 0.15) is 13.3 Å². The first kappa shape index (κ1) is 12.9. The SMILES string of the molecule is CC(C)NCC(=O)NCOCC(=O)O. The summed E-state index contributed by atoms with van der Waals surface area (Å²) in [4.78, 5) is 21.0. The van der Waals surface area contributed by atoms with Gasteiger partial charge in [0, 0.05) is 6.04 Å². The van der Waals surface area contributed by atoms with E-state index in [1.807, 2.05) is 13.8 Å². The van der Waals surface area contributed by atoms with Crippen molar-refractivity contribution in [2.45, 2.75) is 19.9 Å². The lowest BCUT2D eigenvalue weighted by Crippen LogP contribution is -2.38. The summed E-state index contributed by atoms with van der Waals surface area (Å²) in [6.07, 6.45) is 0. The molecule has 6 heteroatoms. The first-order valence-corrected chi connectivity index (χ1v) is 4.32. The number of amides is 1. The molecule has 0 aromatic carbocycles. The molecule has 0 saturated heterocycles. The molecule has 0 aliphatic rings. The number of carboxylic acids is 1. The zero-order chi connectivity index (χ0) is 11.0. The second-order valence-corrected chi connectivity index (χ2v) is 3.02. The summed E-state index contributed by atoms with van der Waals surface area (Å²) in [5.41, 5.74) is 0. The van der Waals surface area contributed by atoms with Crippen LogP contribution in [0.3, 0.4) is 0 Å². The Balaban J connectivity index is 3.31. The van der Waals surface area contributed by atoms with Crippen LogP contribution in [0.25, 0.3) is 0 Å². The van der Waals surface area contributed by atoms with Gasteiger partial charge in [0.25, 0.3) is 0 Å². The zero-order valence-corrected chi connectivity index (χ0v) is 8.37. The van der Waals surface area contributed by atoms with Crippen molar-refractivity contribution >= 4 is 11.9 Å². The van der Waals surface area contributed by atoms with Crippen LogP contribution in [0, 0.1) is 0 Å². The Hall–Kier alpha value is -1.14. The normalized spacial score (nSPS) is 10.2. The highest BCUT2D eigenvalue weighted by molar-refractivity contribution is 5.77. The van der Waals surface area contributed by atoms with E-state index < -0.39 is 12.6 Å². The third-order valence-electron chi connectivity index (χ3n) is 1.27. The van der Waals surface area contributed by atoms with Crippen molar-refractivity contribution < 1.29 is 19.4 Å². The number of ether oxygens (including phenoxy) is 1. The molecule has 3 N–H and O–H groups in total. The van der Waals surface area contributed by atoms with Gasteiger partial charge in [-0.15, -0.1) is 0 Å². The van der Waals surface area contributed by atoms with Crippen molar-refractivity contribution in [1.29, 1.82) is 0 Å². The van der Waals surface area contributed by atoms with Crippen molar-refractivity contribution in [2.24, 2.45) is 0 Å². The van der Waals surface area contributed by atoms with Crippen LogP contribution in [-0.2, 0) is 14.3 Å². The maximum absolute atomic E-state index is 11.0. The Morgan fingerprint density at radius 1 is 1.43 bits per heavy atom. The molecule has 0 aromatic heterocycles. The van der Waals surface area contributed by atoms with Crippen LogP contribution < -0.4 is 10.6 Å². The fourth-order valence-electron chi connectivity index (χ4n) is 0.629. The maximum atomic E-state index is 11.0. The van der Waals surface area contributed by atoms with E-state index in [9.17, 15) is 9.59 Å². The number of carbonyl (C=O) groups is 2. The molecule has 1 amide bonds. The van der Waals surface area contributed by atoms with E-state index in [0.29, 0.717) is 0 Å². The molecule has 0 spiro atoms. The first-order chi connectivity index (χ1) is 6.52. The van der Waals surface area contributed by atoms with E-state index in [2.05, 4.69) is 15.4 Å². The number of carbonyl (C=O) groups excluding carboxylic acids is 1. The molecule has 0 atom stereocenters. The van der Waals surface area contributed by atoms with Crippen LogP contribution >= 0.6 is 0 Å². The lowest BCUT2D eigenvalue weighted by atomic mass is 10.4. The summed E-state index contributed by atoms with van der Waals surface area (Å²) < 4.78 is 4.61. The largest absolute Gasteiger partial charge is 0.480 e. The van der Waals surface area contributed by atoms with Crippen LogP contribution in [0.15, 0.2) is 0 Å². The summed E-state index contributed by atoms with van der Waals surface area (Å²) in [6.45, 7) is 3.57. The van der Waals surface area contributed by atoms with Gasteiger partial charge in [-0.2, -0.15) is 0 Å². The first-order valence-electron chi connectivity index (χ1n) is 4.32. The Morgan fingerprint density at radius 2 is 2.07 bits per heavy atom. The van der Waals surface area contributed by atoms with Crippen molar-refractivity contribution in [3.8, 4) is 0 Å². The fourth-order valence-corrected chi connectivity index (χ4v) is 0.629. The zero-order valence-electron chi connectivity index (χ0n) is 8.37. The van der Waals surface area contributed by atoms with Crippen LogP contribution in [0.4, 0.5) is 0 Å². The number of aliphatic carboxylic acids is 1. The average Bonchev–Trinajstić information content (AvgIpc) is 2.08. The van der Waals surface area contributed by atoms with Gasteiger partial charge in [0.05, 0.1) is 6.54 Å². The van der Waals surface area contributed by atoms with Crippen LogP contribution in [0.1, 0.15) is 13.8 Å². The Bertz CT molecular complexity index is 194. The minimum atomic E-state index is -1.06. The highest BCUT2D eigenvalue weighted by atomic mass is 16.5. The number of rotatable bonds is 7. The van der Waals surface area contributed by atoms with Gasteiger partial charge in [-0.1, -0.05) is 13.8 Å². The Labute approximate surface area is 82.6 Å². The third-order valence-corrected chi connectivity index (χ3v) is 1.27. The summed E-state index contributed by atoms with van der Waals surface area (Å²) in [6, 6.07) is 0.237. The van der Waals surface area contributed by atoms with E-state index in [-0.39, 0.29) is 25.2 Å². The third kappa shape index (κ3) is 8.95. The van der Waals surface area contributed by atoms with Gasteiger partial charge >= 0.3 is 5.97 Å². The lowest BCUT2D eigenvalue weighted by Gasteiger charge is -2.08. The standard InChI is InChI=1S/C8H16N2O4/c1-6(2)9-3-7(11)10-5-14-4-8(12)13/h6,9H,3-5H2,1-2H3,(H,10,11)(H,12,13). The summed E-state index contributed by atoms with van der Waals surface area (Å²) in [5.74, 6) is -1.27. The number of hydrogen-bond donors (Lipinski definition) is 3. The number of nitrogens with one attached hydrogen (secondary N) is 2. The molecule has 6 nitrogen and oxygen atoms in total. The highest BCUT2D eigenvalue weighted by Crippen LogP contribution is 1.76. The predicted molar refractivity (Wildman–Crippen MR) is 49.7 cm³/mol. The smallest absolute Gasteiger partial charge is 0.329 e. The summed E-state index contributed by atoms with van der Waals surface area (Å²) >= 11 is 0. The molecule has 0 unspecified atom stereocenters. The van der Waals surface area contributed by atoms with Gasteiger partial charge < -0.3 is 20.5 Å². The van der Waals surface area contributed by atoms with Crippen molar-refractivity contribution in [3.63, 3.8) is 0 Å². The topological polar surface area (TPSA) is 87.7 Å². The molecular weight excluding hydrogens is 188 g/mol. The van der Waals surface area contributed by atoms with Crippen LogP contribution in [0.2, 0.25) is 0 Å². The second-order valence-electron chi connectivity index (χ2n) is 3.02. The van der Waals surface area contributed by atoms with Gasteiger partial charge in [0.15, 0.2) is 0 Å². The quantitative estimate of drug-likeness (QED) is 0.372. The van der Waals surface area contributed by atoms with Gasteiger partial charge in [-0.25, -0.2) is 4.79 Å². The predicted octanol–water partition coefficient (Wildman–Crippen LogP) is -0.841. The van der Waals surface area contributed by atoms with E-state index in [1.165, 1.54) is 0 Å². The lowest BCUT2D eigenvalue weighted by molar-refractivity contribution is -0.143. The molecule has 0 heterocycles. The molecule has 0 rings (SSSR count). The molecule has 0 aromatic rings. The molecule has 0 aliphatic heterocycles. The van der Waals surface area contributed by atoms with E-state index in [0.717, 1.165) is 0 Å². The minimum absolute atomic E-state index is 0.0785. The fraction of sp³-hybridized carbons (Fsp3) is 0.750. The maximum Gasteiger partial charge on any atom is 0.329 e. The molecule has 14 heavy (non-hydrogen) atoms. The number of carboxylic acid groups (broad SMARTS) is 1. The van der Waals surface area contributed by atoms with Gasteiger partial charge in [0.2, 0.25) is 5.91 Å². The minimum Gasteiger partial charge on any atom is -0.480 e. The second kappa shape index (κ2) is 7.28. The van der Waals surface area contributed by atoms with E-state index in [4.69, 9.17) is 5.11 Å².